The van der Waals surface area contributed by atoms with Crippen molar-refractivity contribution in [1.82, 2.24) is 9.80 Å². The van der Waals surface area contributed by atoms with Gasteiger partial charge < -0.3 is 14.9 Å². The molecule has 1 atom stereocenters. The van der Waals surface area contributed by atoms with E-state index in [-0.39, 0.29) is 24.4 Å². The second-order valence-electron chi connectivity index (χ2n) is 5.36. The quantitative estimate of drug-likeness (QED) is 0.868. The number of hydrogen-bond donors (Lipinski definition) is 1. The van der Waals surface area contributed by atoms with Crippen molar-refractivity contribution >= 4 is 17.8 Å². The van der Waals surface area contributed by atoms with Gasteiger partial charge in [-0.25, -0.2) is 0 Å². The van der Waals surface area contributed by atoms with Gasteiger partial charge in [-0.1, -0.05) is 13.0 Å². The molecule has 0 saturated heterocycles. The summed E-state index contributed by atoms with van der Waals surface area (Å²) in [5.41, 5.74) is 0.713. The molecule has 6 heteroatoms. The van der Waals surface area contributed by atoms with E-state index in [1.807, 2.05) is 6.92 Å². The van der Waals surface area contributed by atoms with Crippen LogP contribution in [0.25, 0.3) is 0 Å². The Labute approximate surface area is 130 Å². The minimum absolute atomic E-state index is 0.197. The van der Waals surface area contributed by atoms with Gasteiger partial charge in [0.25, 0.3) is 11.8 Å². The summed E-state index contributed by atoms with van der Waals surface area (Å²) in [5, 5.41) is 8.99. The molecule has 6 nitrogen and oxygen atoms in total. The molecule has 0 radical (unpaired) electrons. The molecule has 0 aliphatic carbocycles. The Balaban J connectivity index is 3.11. The topological polar surface area (TPSA) is 77.9 Å². The molecule has 0 aliphatic rings. The number of carboxylic acids is 1. The number of nitrogens with zero attached hydrogens (tertiary/aromatic N) is 2. The second kappa shape index (κ2) is 7.59. The van der Waals surface area contributed by atoms with Gasteiger partial charge in [0.05, 0.1) is 0 Å². The van der Waals surface area contributed by atoms with Gasteiger partial charge in [-0.05, 0) is 31.5 Å². The lowest BCUT2D eigenvalue weighted by Gasteiger charge is -2.27. The van der Waals surface area contributed by atoms with Crippen LogP contribution in [0.3, 0.4) is 0 Å². The molecule has 0 aromatic heterocycles. The van der Waals surface area contributed by atoms with Crippen molar-refractivity contribution in [3.8, 4) is 0 Å². The maximum atomic E-state index is 12.6. The lowest BCUT2D eigenvalue weighted by molar-refractivity contribution is -0.138. The summed E-state index contributed by atoms with van der Waals surface area (Å²) in [6.07, 6.45) is 0.648. The molecular weight excluding hydrogens is 284 g/mol. The Hall–Kier alpha value is -2.37. The van der Waals surface area contributed by atoms with E-state index in [2.05, 4.69) is 0 Å². The maximum absolute atomic E-state index is 12.6. The zero-order valence-electron chi connectivity index (χ0n) is 13.4. The standard InChI is InChI=1S/C16H22N2O4/c1-5-11(2)18(10-14(19)20)16(22)13-8-6-7-12(9-13)15(21)17(3)4/h6-9,11H,5,10H2,1-4H3,(H,19,20). The van der Waals surface area contributed by atoms with Crippen LogP contribution in [0, 0.1) is 0 Å². The summed E-state index contributed by atoms with van der Waals surface area (Å²) in [4.78, 5) is 38.2. The molecule has 1 N–H and O–H groups in total. The Bertz CT molecular complexity index is 569. The fourth-order valence-corrected chi connectivity index (χ4v) is 2.00. The number of rotatable bonds is 6. The van der Waals surface area contributed by atoms with Gasteiger partial charge in [-0.3, -0.25) is 14.4 Å². The molecule has 2 amide bonds. The molecule has 1 unspecified atom stereocenters. The third kappa shape index (κ3) is 4.31. The number of aliphatic carboxylic acids is 1. The Morgan fingerprint density at radius 2 is 1.68 bits per heavy atom. The molecule has 0 aliphatic heterocycles. The molecule has 0 heterocycles. The van der Waals surface area contributed by atoms with Crippen molar-refractivity contribution < 1.29 is 19.5 Å². The third-order valence-corrected chi connectivity index (χ3v) is 3.45. The van der Waals surface area contributed by atoms with Crippen molar-refractivity contribution in [3.05, 3.63) is 35.4 Å². The molecule has 22 heavy (non-hydrogen) atoms. The summed E-state index contributed by atoms with van der Waals surface area (Å²) < 4.78 is 0. The van der Waals surface area contributed by atoms with Crippen LogP contribution in [0.15, 0.2) is 24.3 Å². The maximum Gasteiger partial charge on any atom is 0.323 e. The fourth-order valence-electron chi connectivity index (χ4n) is 2.00. The van der Waals surface area contributed by atoms with Gasteiger partial charge in [0.2, 0.25) is 0 Å². The molecule has 0 fully saturated rings. The van der Waals surface area contributed by atoms with Gasteiger partial charge in [-0.2, -0.15) is 0 Å². The zero-order valence-corrected chi connectivity index (χ0v) is 13.4. The van der Waals surface area contributed by atoms with Crippen LogP contribution in [-0.2, 0) is 4.79 Å². The first-order chi connectivity index (χ1) is 10.3. The summed E-state index contributed by atoms with van der Waals surface area (Å²) in [5.74, 6) is -1.65. The SMILES string of the molecule is CCC(C)N(CC(=O)O)C(=O)c1cccc(C(=O)N(C)C)c1. The number of amides is 2. The molecule has 1 aromatic carbocycles. The second-order valence-corrected chi connectivity index (χ2v) is 5.36. The average Bonchev–Trinajstić information content (AvgIpc) is 2.50. The van der Waals surface area contributed by atoms with Crippen LogP contribution < -0.4 is 0 Å². The van der Waals surface area contributed by atoms with E-state index in [0.29, 0.717) is 17.5 Å². The minimum atomic E-state index is -1.06. The lowest BCUT2D eigenvalue weighted by Crippen LogP contribution is -2.41. The first kappa shape index (κ1) is 17.7. The number of hydrogen-bond acceptors (Lipinski definition) is 3. The van der Waals surface area contributed by atoms with Crippen molar-refractivity contribution in [2.24, 2.45) is 0 Å². The molecule has 1 aromatic rings. The van der Waals surface area contributed by atoms with Crippen LogP contribution in [0.2, 0.25) is 0 Å². The zero-order chi connectivity index (χ0) is 16.9. The van der Waals surface area contributed by atoms with Crippen LogP contribution >= 0.6 is 0 Å². The summed E-state index contributed by atoms with van der Waals surface area (Å²) in [6.45, 7) is 3.33. The summed E-state index contributed by atoms with van der Waals surface area (Å²) in [7, 11) is 3.26. The van der Waals surface area contributed by atoms with Crippen molar-refractivity contribution in [2.45, 2.75) is 26.3 Å². The van der Waals surface area contributed by atoms with Crippen LogP contribution in [-0.4, -0.2) is 59.4 Å². The predicted octanol–water partition coefficient (Wildman–Crippen LogP) is 1.71. The predicted molar refractivity (Wildman–Crippen MR) is 82.9 cm³/mol. The van der Waals surface area contributed by atoms with E-state index < -0.39 is 5.97 Å². The van der Waals surface area contributed by atoms with Gasteiger partial charge in [0, 0.05) is 31.3 Å². The van der Waals surface area contributed by atoms with Crippen LogP contribution in [0.4, 0.5) is 0 Å². The molecule has 0 bridgehead atoms. The summed E-state index contributed by atoms with van der Waals surface area (Å²) >= 11 is 0. The molecule has 120 valence electrons. The van der Waals surface area contributed by atoms with Gasteiger partial charge in [0.15, 0.2) is 0 Å². The Morgan fingerprint density at radius 1 is 1.14 bits per heavy atom. The van der Waals surface area contributed by atoms with Crippen molar-refractivity contribution in [3.63, 3.8) is 0 Å². The minimum Gasteiger partial charge on any atom is -0.480 e. The number of carboxylic acid groups (broad SMARTS) is 1. The summed E-state index contributed by atoms with van der Waals surface area (Å²) in [6, 6.07) is 6.15. The fraction of sp³-hybridized carbons (Fsp3) is 0.438. The van der Waals surface area contributed by atoms with E-state index >= 15 is 0 Å². The monoisotopic (exact) mass is 306 g/mol. The van der Waals surface area contributed by atoms with E-state index in [4.69, 9.17) is 5.11 Å². The first-order valence-electron chi connectivity index (χ1n) is 7.12. The molecular formula is C16H22N2O4. The van der Waals surface area contributed by atoms with Gasteiger partial charge in [-0.15, -0.1) is 0 Å². The highest BCUT2D eigenvalue weighted by Gasteiger charge is 2.23. The van der Waals surface area contributed by atoms with Gasteiger partial charge in [0.1, 0.15) is 6.54 Å². The van der Waals surface area contributed by atoms with E-state index in [9.17, 15) is 14.4 Å². The molecule has 1 rings (SSSR count). The smallest absolute Gasteiger partial charge is 0.323 e. The number of benzene rings is 1. The Morgan fingerprint density at radius 3 is 2.14 bits per heavy atom. The Kier molecular flexibility index (Phi) is 6.10. The third-order valence-electron chi connectivity index (χ3n) is 3.45. The van der Waals surface area contributed by atoms with Crippen LogP contribution in [0.1, 0.15) is 41.0 Å². The van der Waals surface area contributed by atoms with Gasteiger partial charge >= 0.3 is 5.97 Å². The van der Waals surface area contributed by atoms with E-state index in [1.54, 1.807) is 39.2 Å². The van der Waals surface area contributed by atoms with E-state index in [1.165, 1.54) is 15.9 Å². The number of carbonyl (C=O) groups excluding carboxylic acids is 2. The largest absolute Gasteiger partial charge is 0.480 e. The van der Waals surface area contributed by atoms with Crippen LogP contribution in [0.5, 0.6) is 0 Å². The normalized spacial score (nSPS) is 11.6. The molecule has 0 spiro atoms. The average molecular weight is 306 g/mol. The highest BCUT2D eigenvalue weighted by atomic mass is 16.4. The van der Waals surface area contributed by atoms with Crippen molar-refractivity contribution in [2.75, 3.05) is 20.6 Å². The van der Waals surface area contributed by atoms with Crippen molar-refractivity contribution in [1.29, 1.82) is 0 Å². The highest BCUT2D eigenvalue weighted by Crippen LogP contribution is 2.13. The highest BCUT2D eigenvalue weighted by molar-refractivity contribution is 6.00. The van der Waals surface area contributed by atoms with E-state index in [0.717, 1.165) is 0 Å². The number of carbonyl (C=O) groups is 3. The molecule has 0 saturated carbocycles. The first-order valence-corrected chi connectivity index (χ1v) is 7.12. The lowest BCUT2D eigenvalue weighted by atomic mass is 10.1.